The zero-order valence-electron chi connectivity index (χ0n) is 20.8. The van der Waals surface area contributed by atoms with Gasteiger partial charge in [0.1, 0.15) is 11.6 Å². The molecule has 0 radical (unpaired) electrons. The molecule has 12 heteroatoms. The molecule has 0 saturated carbocycles. The van der Waals surface area contributed by atoms with Crippen molar-refractivity contribution >= 4 is 25.7 Å². The summed E-state index contributed by atoms with van der Waals surface area (Å²) in [6, 6.07) is -1.17. The molecule has 0 aromatic rings. The highest BCUT2D eigenvalue weighted by Gasteiger charge is 2.37. The predicted octanol–water partition coefficient (Wildman–Crippen LogP) is 3.23. The Kier molecular flexibility index (Phi) is 12.2. The molecule has 33 heavy (non-hydrogen) atoms. The molecule has 1 atom stereocenters. The van der Waals surface area contributed by atoms with Crippen molar-refractivity contribution in [2.24, 2.45) is 0 Å². The normalized spacial score (nSPS) is 15.7. The molecule has 3 amide bonds. The fourth-order valence-corrected chi connectivity index (χ4v) is 4.89. The first-order valence-electron chi connectivity index (χ1n) is 11.5. The van der Waals surface area contributed by atoms with Crippen LogP contribution in [0, 0.1) is 0 Å². The van der Waals surface area contributed by atoms with Gasteiger partial charge in [0.25, 0.3) is 0 Å². The number of nitrogens with zero attached hydrogens (tertiary/aromatic N) is 2. The summed E-state index contributed by atoms with van der Waals surface area (Å²) in [4.78, 5) is 40.8. The minimum absolute atomic E-state index is 0.128. The molecule has 0 spiro atoms. The van der Waals surface area contributed by atoms with E-state index >= 15 is 0 Å². The largest absolute Gasteiger partial charge is 0.449 e. The Morgan fingerprint density at radius 1 is 0.970 bits per heavy atom. The number of amides is 3. The zero-order chi connectivity index (χ0) is 25.1. The number of carbonyl (C=O) groups is 3. The van der Waals surface area contributed by atoms with Crippen molar-refractivity contribution in [3.63, 3.8) is 0 Å². The van der Waals surface area contributed by atoms with E-state index in [9.17, 15) is 18.9 Å². The lowest BCUT2D eigenvalue weighted by molar-refractivity contribution is -0.134. The van der Waals surface area contributed by atoms with Gasteiger partial charge in [0, 0.05) is 26.2 Å². The highest BCUT2D eigenvalue weighted by molar-refractivity contribution is 7.54. The summed E-state index contributed by atoms with van der Waals surface area (Å²) >= 11 is 0. The third-order valence-corrected chi connectivity index (χ3v) is 6.74. The van der Waals surface area contributed by atoms with Crippen LogP contribution in [0.3, 0.4) is 0 Å². The summed E-state index contributed by atoms with van der Waals surface area (Å²) in [5.74, 6) is -0.445. The topological polar surface area (TPSA) is 124 Å². The second-order valence-electron chi connectivity index (χ2n) is 8.61. The minimum atomic E-state index is -3.63. The molecule has 0 bridgehead atoms. The monoisotopic (exact) mass is 493 g/mol. The maximum Gasteiger partial charge on any atom is 0.409 e. The van der Waals surface area contributed by atoms with Crippen molar-refractivity contribution < 1.29 is 37.5 Å². The van der Waals surface area contributed by atoms with Gasteiger partial charge in [-0.15, -0.1) is 0 Å². The van der Waals surface area contributed by atoms with Gasteiger partial charge in [-0.05, 0) is 41.0 Å². The fraction of sp³-hybridized carbons (Fsp3) is 0.857. The van der Waals surface area contributed by atoms with Crippen LogP contribution in [0.1, 0.15) is 54.4 Å². The number of alkyl carbamates (subject to hydrolysis) is 1. The Balaban J connectivity index is 2.88. The Bertz CT molecular complexity index is 679. The predicted molar refractivity (Wildman–Crippen MR) is 123 cm³/mol. The van der Waals surface area contributed by atoms with Crippen LogP contribution < -0.4 is 5.32 Å². The summed E-state index contributed by atoms with van der Waals surface area (Å²) in [6.07, 6.45) is 0.179. The highest BCUT2D eigenvalue weighted by atomic mass is 31.2. The van der Waals surface area contributed by atoms with Crippen LogP contribution in [0.15, 0.2) is 0 Å². The number of piperazine rings is 1. The van der Waals surface area contributed by atoms with Crippen LogP contribution in [0.5, 0.6) is 0 Å². The van der Waals surface area contributed by atoms with E-state index in [0.29, 0.717) is 19.7 Å². The number of rotatable bonds is 11. The molecule has 1 rings (SSSR count). The van der Waals surface area contributed by atoms with Gasteiger partial charge < -0.3 is 33.6 Å². The quantitative estimate of drug-likeness (QED) is 0.344. The average molecular weight is 494 g/mol. The summed E-state index contributed by atoms with van der Waals surface area (Å²) < 4.78 is 34.2. The first-order chi connectivity index (χ1) is 15.4. The van der Waals surface area contributed by atoms with E-state index in [1.54, 1.807) is 39.5 Å². The number of unbranched alkanes of at least 4 members (excludes halogenated alkanes) is 1. The lowest BCUT2D eigenvalue weighted by Gasteiger charge is -2.36. The van der Waals surface area contributed by atoms with E-state index in [1.807, 2.05) is 6.92 Å². The van der Waals surface area contributed by atoms with Crippen LogP contribution in [-0.2, 0) is 27.9 Å². The fourth-order valence-electron chi connectivity index (χ4n) is 3.12. The van der Waals surface area contributed by atoms with E-state index in [1.165, 1.54) is 4.90 Å². The molecule has 1 aliphatic rings. The summed E-state index contributed by atoms with van der Waals surface area (Å²) in [6.45, 7) is 12.2. The Morgan fingerprint density at radius 3 is 2.00 bits per heavy atom. The van der Waals surface area contributed by atoms with E-state index in [0.717, 1.165) is 12.8 Å². The second-order valence-corrected chi connectivity index (χ2v) is 10.7. The molecule has 1 aliphatic heterocycles. The lowest BCUT2D eigenvalue weighted by atomic mass is 10.2. The maximum absolute atomic E-state index is 13.3. The van der Waals surface area contributed by atoms with E-state index in [4.69, 9.17) is 18.5 Å². The molecular formula is C21H40N3O8P. The van der Waals surface area contributed by atoms with Gasteiger partial charge in [0.2, 0.25) is 5.91 Å². The highest BCUT2D eigenvalue weighted by Crippen LogP contribution is 2.48. The van der Waals surface area contributed by atoms with Crippen molar-refractivity contribution in [3.8, 4) is 0 Å². The van der Waals surface area contributed by atoms with Crippen molar-refractivity contribution in [3.05, 3.63) is 0 Å². The second kappa shape index (κ2) is 13.8. The van der Waals surface area contributed by atoms with Gasteiger partial charge in [-0.2, -0.15) is 0 Å². The molecule has 0 aromatic carbocycles. The average Bonchev–Trinajstić information content (AvgIpc) is 2.72. The van der Waals surface area contributed by atoms with Gasteiger partial charge in [0.05, 0.1) is 26.0 Å². The zero-order valence-corrected chi connectivity index (χ0v) is 21.7. The Labute approximate surface area is 197 Å². The van der Waals surface area contributed by atoms with E-state index < -0.39 is 37.3 Å². The van der Waals surface area contributed by atoms with Gasteiger partial charge in [-0.25, -0.2) is 9.59 Å². The molecular weight excluding hydrogens is 453 g/mol. The molecule has 11 nitrogen and oxygen atoms in total. The van der Waals surface area contributed by atoms with Gasteiger partial charge in [0.15, 0.2) is 0 Å². The number of hydrogen-bond donors (Lipinski definition) is 1. The summed E-state index contributed by atoms with van der Waals surface area (Å²) in [5, 5.41) is 2.52. The van der Waals surface area contributed by atoms with Crippen molar-refractivity contribution in [2.75, 3.05) is 52.2 Å². The first-order valence-corrected chi connectivity index (χ1v) is 13.3. The van der Waals surface area contributed by atoms with Crippen LogP contribution >= 0.6 is 7.60 Å². The van der Waals surface area contributed by atoms with Crippen LogP contribution in [0.4, 0.5) is 9.59 Å². The van der Waals surface area contributed by atoms with Gasteiger partial charge >= 0.3 is 19.8 Å². The summed E-state index contributed by atoms with van der Waals surface area (Å²) in [7, 11) is -3.63. The molecule has 1 heterocycles. The van der Waals surface area contributed by atoms with E-state index in [2.05, 4.69) is 5.32 Å². The lowest BCUT2D eigenvalue weighted by Crippen LogP contribution is -2.57. The standard InChI is InChI=1S/C21H40N3O8P/c1-7-10-15-29-20(27)24-13-11-23(12-14-24)18(25)17(22-19(26)32-21(4,5)6)16-33(28,30-8-2)31-9-3/h17H,7-16H2,1-6H3,(H,22,26). The number of ether oxygens (including phenoxy) is 2. The molecule has 0 aliphatic carbocycles. The van der Waals surface area contributed by atoms with Crippen molar-refractivity contribution in [2.45, 2.75) is 66.0 Å². The molecule has 1 fully saturated rings. The van der Waals surface area contributed by atoms with Crippen molar-refractivity contribution in [1.82, 2.24) is 15.1 Å². The van der Waals surface area contributed by atoms with Crippen LogP contribution in [0.2, 0.25) is 0 Å². The molecule has 192 valence electrons. The SMILES string of the molecule is CCCCOC(=O)N1CCN(C(=O)C(CP(=O)(OCC)OCC)NC(=O)OC(C)(C)C)CC1. The van der Waals surface area contributed by atoms with E-state index in [-0.39, 0.29) is 32.5 Å². The first kappa shape index (κ1) is 29.2. The number of carbonyl (C=O) groups excluding carboxylic acids is 3. The Morgan fingerprint density at radius 2 is 1.52 bits per heavy atom. The van der Waals surface area contributed by atoms with Crippen LogP contribution in [0.25, 0.3) is 0 Å². The molecule has 1 N–H and O–H groups in total. The number of hydrogen-bond acceptors (Lipinski definition) is 8. The number of nitrogens with one attached hydrogen (secondary N) is 1. The van der Waals surface area contributed by atoms with Crippen LogP contribution in [-0.4, -0.2) is 91.7 Å². The third-order valence-electron chi connectivity index (χ3n) is 4.62. The Hall–Kier alpha value is -1.84. The molecule has 0 aromatic heterocycles. The minimum Gasteiger partial charge on any atom is -0.449 e. The molecule has 1 saturated heterocycles. The molecule has 1 unspecified atom stereocenters. The maximum atomic E-state index is 13.3. The van der Waals surface area contributed by atoms with Gasteiger partial charge in [-0.1, -0.05) is 13.3 Å². The third kappa shape index (κ3) is 10.8. The van der Waals surface area contributed by atoms with Gasteiger partial charge in [-0.3, -0.25) is 9.36 Å². The van der Waals surface area contributed by atoms with Crippen molar-refractivity contribution in [1.29, 1.82) is 0 Å². The summed E-state index contributed by atoms with van der Waals surface area (Å²) in [5.41, 5.74) is -0.773. The smallest absolute Gasteiger partial charge is 0.409 e.